The van der Waals surface area contributed by atoms with Crippen molar-refractivity contribution < 1.29 is 4.39 Å². The highest BCUT2D eigenvalue weighted by Crippen LogP contribution is 2.37. The Kier molecular flexibility index (Phi) is 4.14. The molecule has 0 aliphatic heterocycles. The number of alkyl halides is 1. The molecule has 0 saturated heterocycles. The summed E-state index contributed by atoms with van der Waals surface area (Å²) in [5, 5.41) is 1.60. The van der Waals surface area contributed by atoms with Gasteiger partial charge in [0, 0.05) is 9.86 Å². The summed E-state index contributed by atoms with van der Waals surface area (Å²) in [6.07, 6.45) is 0. The van der Waals surface area contributed by atoms with E-state index in [-0.39, 0.29) is 10.6 Å². The predicted molar refractivity (Wildman–Crippen MR) is 93.6 cm³/mol. The van der Waals surface area contributed by atoms with Crippen molar-refractivity contribution in [2.24, 2.45) is 0 Å². The standard InChI is InChI=1S/C18H13Br2F/c1-11-6-7-12(10-16(11)19)18(20)15-8-9-17(21)14-5-3-2-4-13(14)15/h2-10,18H,1H3. The maximum absolute atomic E-state index is 13.9. The second kappa shape index (κ2) is 5.90. The Morgan fingerprint density at radius 3 is 2.38 bits per heavy atom. The fraction of sp³-hybridized carbons (Fsp3) is 0.111. The van der Waals surface area contributed by atoms with E-state index in [0.717, 1.165) is 21.0 Å². The molecule has 0 nitrogen and oxygen atoms in total. The maximum atomic E-state index is 13.9. The molecule has 0 aliphatic rings. The SMILES string of the molecule is Cc1ccc(C(Br)c2ccc(F)c3ccccc23)cc1Br. The van der Waals surface area contributed by atoms with Crippen LogP contribution in [0.2, 0.25) is 0 Å². The lowest BCUT2D eigenvalue weighted by molar-refractivity contribution is 0.639. The van der Waals surface area contributed by atoms with Crippen molar-refractivity contribution in [2.75, 3.05) is 0 Å². The van der Waals surface area contributed by atoms with E-state index in [9.17, 15) is 4.39 Å². The van der Waals surface area contributed by atoms with Gasteiger partial charge in [-0.05, 0) is 41.1 Å². The van der Waals surface area contributed by atoms with Gasteiger partial charge in [0.25, 0.3) is 0 Å². The molecule has 0 spiro atoms. The Bertz CT molecular complexity index is 811. The highest BCUT2D eigenvalue weighted by molar-refractivity contribution is 9.10. The van der Waals surface area contributed by atoms with Crippen molar-refractivity contribution in [3.05, 3.63) is 81.6 Å². The molecule has 0 aromatic heterocycles. The zero-order chi connectivity index (χ0) is 15.0. The van der Waals surface area contributed by atoms with Crippen LogP contribution < -0.4 is 0 Å². The first-order chi connectivity index (χ1) is 10.1. The molecule has 1 atom stereocenters. The molecule has 3 rings (SSSR count). The number of aryl methyl sites for hydroxylation is 1. The molecule has 0 aliphatic carbocycles. The lowest BCUT2D eigenvalue weighted by Gasteiger charge is -2.15. The van der Waals surface area contributed by atoms with E-state index in [1.807, 2.05) is 30.3 Å². The zero-order valence-corrected chi connectivity index (χ0v) is 14.6. The van der Waals surface area contributed by atoms with Crippen molar-refractivity contribution >= 4 is 42.6 Å². The van der Waals surface area contributed by atoms with E-state index in [0.29, 0.717) is 5.39 Å². The van der Waals surface area contributed by atoms with Gasteiger partial charge in [-0.3, -0.25) is 0 Å². The van der Waals surface area contributed by atoms with E-state index in [1.165, 1.54) is 11.6 Å². The van der Waals surface area contributed by atoms with Crippen LogP contribution in [0.15, 0.2) is 59.1 Å². The highest BCUT2D eigenvalue weighted by atomic mass is 79.9. The van der Waals surface area contributed by atoms with Crippen LogP contribution in [0.3, 0.4) is 0 Å². The van der Waals surface area contributed by atoms with Crippen molar-refractivity contribution in [1.82, 2.24) is 0 Å². The fourth-order valence-corrected chi connectivity index (χ4v) is 3.53. The molecule has 21 heavy (non-hydrogen) atoms. The summed E-state index contributed by atoms with van der Waals surface area (Å²) in [6.45, 7) is 2.06. The van der Waals surface area contributed by atoms with Crippen molar-refractivity contribution in [3.63, 3.8) is 0 Å². The smallest absolute Gasteiger partial charge is 0.131 e. The van der Waals surface area contributed by atoms with Crippen LogP contribution in [0.4, 0.5) is 4.39 Å². The summed E-state index contributed by atoms with van der Waals surface area (Å²) >= 11 is 7.32. The van der Waals surface area contributed by atoms with Crippen molar-refractivity contribution in [2.45, 2.75) is 11.8 Å². The summed E-state index contributed by atoms with van der Waals surface area (Å²) in [5.74, 6) is -0.181. The molecule has 3 aromatic rings. The molecule has 0 heterocycles. The number of rotatable bonds is 2. The zero-order valence-electron chi connectivity index (χ0n) is 11.4. The molecule has 0 radical (unpaired) electrons. The van der Waals surface area contributed by atoms with Gasteiger partial charge in [-0.15, -0.1) is 0 Å². The Morgan fingerprint density at radius 2 is 1.67 bits per heavy atom. The Morgan fingerprint density at radius 1 is 0.952 bits per heavy atom. The van der Waals surface area contributed by atoms with E-state index >= 15 is 0 Å². The minimum Gasteiger partial charge on any atom is -0.206 e. The van der Waals surface area contributed by atoms with Crippen molar-refractivity contribution in [1.29, 1.82) is 0 Å². The second-order valence-electron chi connectivity index (χ2n) is 5.05. The number of hydrogen-bond donors (Lipinski definition) is 0. The molecule has 1 unspecified atom stereocenters. The Hall–Kier alpha value is -1.19. The van der Waals surface area contributed by atoms with Crippen LogP contribution in [0, 0.1) is 12.7 Å². The van der Waals surface area contributed by atoms with Crippen LogP contribution in [-0.4, -0.2) is 0 Å². The monoisotopic (exact) mass is 406 g/mol. The van der Waals surface area contributed by atoms with Gasteiger partial charge in [0.2, 0.25) is 0 Å². The van der Waals surface area contributed by atoms with E-state index < -0.39 is 0 Å². The molecular formula is C18H13Br2F. The van der Waals surface area contributed by atoms with Crippen LogP contribution in [0.25, 0.3) is 10.8 Å². The van der Waals surface area contributed by atoms with Crippen LogP contribution >= 0.6 is 31.9 Å². The van der Waals surface area contributed by atoms with Gasteiger partial charge in [-0.1, -0.05) is 74.3 Å². The van der Waals surface area contributed by atoms with Gasteiger partial charge in [0.05, 0.1) is 4.83 Å². The molecule has 0 N–H and O–H groups in total. The van der Waals surface area contributed by atoms with Gasteiger partial charge in [-0.25, -0.2) is 4.39 Å². The van der Waals surface area contributed by atoms with Gasteiger partial charge in [0.1, 0.15) is 5.82 Å². The first-order valence-electron chi connectivity index (χ1n) is 6.65. The summed E-state index contributed by atoms with van der Waals surface area (Å²) in [6, 6.07) is 17.3. The first kappa shape index (κ1) is 14.7. The van der Waals surface area contributed by atoms with E-state index in [4.69, 9.17) is 0 Å². The third-order valence-corrected chi connectivity index (χ3v) is 5.54. The molecule has 106 valence electrons. The molecule has 0 saturated carbocycles. The molecule has 3 heteroatoms. The van der Waals surface area contributed by atoms with E-state index in [1.54, 1.807) is 0 Å². The topological polar surface area (TPSA) is 0 Å². The largest absolute Gasteiger partial charge is 0.206 e. The summed E-state index contributed by atoms with van der Waals surface area (Å²) in [5.41, 5.74) is 3.41. The Balaban J connectivity index is 2.15. The number of hydrogen-bond acceptors (Lipinski definition) is 0. The van der Waals surface area contributed by atoms with Gasteiger partial charge < -0.3 is 0 Å². The minimum atomic E-state index is -0.181. The van der Waals surface area contributed by atoms with Crippen LogP contribution in [-0.2, 0) is 0 Å². The lowest BCUT2D eigenvalue weighted by Crippen LogP contribution is -1.96. The molecule has 3 aromatic carbocycles. The van der Waals surface area contributed by atoms with Gasteiger partial charge in [-0.2, -0.15) is 0 Å². The molecule has 0 amide bonds. The molecule has 0 bridgehead atoms. The average molecular weight is 408 g/mol. The normalized spacial score (nSPS) is 12.6. The summed E-state index contributed by atoms with van der Waals surface area (Å²) in [7, 11) is 0. The average Bonchev–Trinajstić information content (AvgIpc) is 2.50. The quantitative estimate of drug-likeness (QED) is 0.423. The summed E-state index contributed by atoms with van der Waals surface area (Å²) in [4.78, 5) is 0.0277. The minimum absolute atomic E-state index is 0.0277. The molecule has 0 fully saturated rings. The predicted octanol–water partition coefficient (Wildman–Crippen LogP) is 6.53. The van der Waals surface area contributed by atoms with Crippen LogP contribution in [0.5, 0.6) is 0 Å². The lowest BCUT2D eigenvalue weighted by atomic mass is 9.97. The number of fused-ring (bicyclic) bond motifs is 1. The van der Waals surface area contributed by atoms with Crippen LogP contribution in [0.1, 0.15) is 21.5 Å². The number of benzene rings is 3. The van der Waals surface area contributed by atoms with Gasteiger partial charge >= 0.3 is 0 Å². The summed E-state index contributed by atoms with van der Waals surface area (Å²) < 4.78 is 15.0. The maximum Gasteiger partial charge on any atom is 0.131 e. The second-order valence-corrected chi connectivity index (χ2v) is 6.82. The Labute approximate surface area is 140 Å². The van der Waals surface area contributed by atoms with E-state index in [2.05, 4.69) is 57.0 Å². The first-order valence-corrected chi connectivity index (χ1v) is 8.36. The third kappa shape index (κ3) is 2.77. The number of halogens is 3. The van der Waals surface area contributed by atoms with Gasteiger partial charge in [0.15, 0.2) is 0 Å². The molecular weight excluding hydrogens is 395 g/mol. The van der Waals surface area contributed by atoms with Crippen molar-refractivity contribution in [3.8, 4) is 0 Å². The fourth-order valence-electron chi connectivity index (χ4n) is 2.45. The third-order valence-electron chi connectivity index (χ3n) is 3.67. The highest BCUT2D eigenvalue weighted by Gasteiger charge is 2.15.